The molecule has 1 aliphatic rings. The second kappa shape index (κ2) is 10.8. The highest BCUT2D eigenvalue weighted by molar-refractivity contribution is 6.02. The molecule has 1 aliphatic heterocycles. The van der Waals surface area contributed by atoms with Gasteiger partial charge in [0.15, 0.2) is 0 Å². The van der Waals surface area contributed by atoms with E-state index < -0.39 is 29.6 Å². The third-order valence-corrected chi connectivity index (χ3v) is 4.59. The van der Waals surface area contributed by atoms with Crippen LogP contribution in [0.4, 0.5) is 0 Å². The molecule has 0 aromatic heterocycles. The highest BCUT2D eigenvalue weighted by atomic mass is 16.2. The van der Waals surface area contributed by atoms with Gasteiger partial charge in [-0.2, -0.15) is 10.5 Å². The van der Waals surface area contributed by atoms with Crippen LogP contribution in [0.3, 0.4) is 0 Å². The molecule has 1 rings (SSSR count). The highest BCUT2D eigenvalue weighted by Gasteiger charge is 2.43. The Kier molecular flexibility index (Phi) is 8.98. The molecular formula is C18H27N3O2. The number of rotatable bonds is 10. The van der Waals surface area contributed by atoms with Gasteiger partial charge in [-0.05, 0) is 6.42 Å². The minimum Gasteiger partial charge on any atom is -0.294 e. The van der Waals surface area contributed by atoms with Crippen molar-refractivity contribution < 1.29 is 9.59 Å². The first-order valence-corrected chi connectivity index (χ1v) is 8.79. The average Bonchev–Trinajstić information content (AvgIpc) is 2.53. The molecule has 126 valence electrons. The topological polar surface area (TPSA) is 93.8 Å². The molecule has 2 amide bonds. The number of imide groups is 1. The minimum atomic E-state index is -0.883. The Morgan fingerprint density at radius 3 is 1.70 bits per heavy atom. The maximum absolute atomic E-state index is 11.7. The molecule has 0 bridgehead atoms. The average molecular weight is 317 g/mol. The van der Waals surface area contributed by atoms with Gasteiger partial charge in [0.2, 0.25) is 11.8 Å². The summed E-state index contributed by atoms with van der Waals surface area (Å²) in [5.41, 5.74) is 0. The number of nitrogens with zero attached hydrogens (tertiary/aromatic N) is 2. The first-order valence-electron chi connectivity index (χ1n) is 8.79. The lowest BCUT2D eigenvalue weighted by Gasteiger charge is -2.29. The highest BCUT2D eigenvalue weighted by Crippen LogP contribution is 2.30. The van der Waals surface area contributed by atoms with E-state index in [1.807, 2.05) is 12.1 Å². The van der Waals surface area contributed by atoms with E-state index >= 15 is 0 Å². The summed E-state index contributed by atoms with van der Waals surface area (Å²) >= 11 is 0. The van der Waals surface area contributed by atoms with E-state index in [4.69, 9.17) is 10.5 Å². The van der Waals surface area contributed by atoms with E-state index in [1.165, 1.54) is 38.5 Å². The molecule has 1 fully saturated rings. The summed E-state index contributed by atoms with van der Waals surface area (Å²) in [6, 6.07) is 3.91. The summed E-state index contributed by atoms with van der Waals surface area (Å²) in [5.74, 6) is -3.33. The van der Waals surface area contributed by atoms with Gasteiger partial charge >= 0.3 is 0 Å². The first kappa shape index (κ1) is 19.2. The predicted octanol–water partition coefficient (Wildman–Crippen LogP) is 3.46. The zero-order valence-electron chi connectivity index (χ0n) is 14.0. The predicted molar refractivity (Wildman–Crippen MR) is 86.7 cm³/mol. The third kappa shape index (κ3) is 6.02. The molecule has 1 unspecified atom stereocenters. The molecule has 23 heavy (non-hydrogen) atoms. The summed E-state index contributed by atoms with van der Waals surface area (Å²) in [4.78, 5) is 23.4. The normalized spacial score (nSPS) is 23.9. The lowest BCUT2D eigenvalue weighted by atomic mass is 9.76. The van der Waals surface area contributed by atoms with Gasteiger partial charge in [-0.1, -0.05) is 64.7 Å². The van der Waals surface area contributed by atoms with Gasteiger partial charge in [0, 0.05) is 5.92 Å². The van der Waals surface area contributed by atoms with Gasteiger partial charge in [-0.15, -0.1) is 0 Å². The quantitative estimate of drug-likeness (QED) is 0.493. The van der Waals surface area contributed by atoms with Crippen LogP contribution in [0.5, 0.6) is 0 Å². The summed E-state index contributed by atoms with van der Waals surface area (Å²) < 4.78 is 0. The van der Waals surface area contributed by atoms with Crippen LogP contribution in [0.25, 0.3) is 0 Å². The van der Waals surface area contributed by atoms with Gasteiger partial charge in [-0.25, -0.2) is 0 Å². The third-order valence-electron chi connectivity index (χ3n) is 4.59. The van der Waals surface area contributed by atoms with Crippen molar-refractivity contribution in [2.75, 3.05) is 0 Å². The second-order valence-corrected chi connectivity index (χ2v) is 6.35. The molecule has 1 N–H and O–H groups in total. The maximum atomic E-state index is 11.7. The molecular weight excluding hydrogens is 290 g/mol. The van der Waals surface area contributed by atoms with Crippen molar-refractivity contribution in [1.82, 2.24) is 5.32 Å². The van der Waals surface area contributed by atoms with Gasteiger partial charge < -0.3 is 0 Å². The fourth-order valence-electron chi connectivity index (χ4n) is 3.19. The smallest absolute Gasteiger partial charge is 0.244 e. The van der Waals surface area contributed by atoms with E-state index in [2.05, 4.69) is 12.2 Å². The van der Waals surface area contributed by atoms with Gasteiger partial charge in [-0.3, -0.25) is 14.9 Å². The number of carbonyl (C=O) groups excluding carboxylic acids is 2. The Hall–Kier alpha value is -1.88. The molecule has 0 spiro atoms. The fraction of sp³-hybridized carbons (Fsp3) is 0.778. The molecule has 0 radical (unpaired) electrons. The second-order valence-electron chi connectivity index (χ2n) is 6.35. The van der Waals surface area contributed by atoms with E-state index in [0.717, 1.165) is 19.3 Å². The van der Waals surface area contributed by atoms with Crippen molar-refractivity contribution in [2.24, 2.45) is 17.8 Å². The van der Waals surface area contributed by atoms with Crippen LogP contribution in [0.2, 0.25) is 0 Å². The molecule has 0 aromatic carbocycles. The van der Waals surface area contributed by atoms with E-state index in [-0.39, 0.29) is 0 Å². The van der Waals surface area contributed by atoms with Crippen LogP contribution in [0.15, 0.2) is 0 Å². The van der Waals surface area contributed by atoms with E-state index in [1.54, 1.807) is 0 Å². The number of hydrogen-bond donors (Lipinski definition) is 1. The molecule has 0 saturated carbocycles. The Bertz CT molecular complexity index is 444. The van der Waals surface area contributed by atoms with Crippen LogP contribution in [-0.4, -0.2) is 11.8 Å². The zero-order valence-corrected chi connectivity index (χ0v) is 14.0. The number of unbranched alkanes of at least 4 members (excludes halogenated alkanes) is 8. The molecule has 1 saturated heterocycles. The van der Waals surface area contributed by atoms with Crippen LogP contribution >= 0.6 is 0 Å². The number of nitriles is 2. The number of hydrogen-bond acceptors (Lipinski definition) is 4. The van der Waals surface area contributed by atoms with Crippen molar-refractivity contribution in [3.05, 3.63) is 0 Å². The zero-order chi connectivity index (χ0) is 17.1. The summed E-state index contributed by atoms with van der Waals surface area (Å²) in [5, 5.41) is 20.4. The van der Waals surface area contributed by atoms with Crippen molar-refractivity contribution in [1.29, 1.82) is 10.5 Å². The summed E-state index contributed by atoms with van der Waals surface area (Å²) in [7, 11) is 0. The monoisotopic (exact) mass is 317 g/mol. The van der Waals surface area contributed by atoms with Gasteiger partial charge in [0.1, 0.15) is 11.8 Å². The molecule has 0 aliphatic carbocycles. The largest absolute Gasteiger partial charge is 0.294 e. The number of piperidine rings is 1. The van der Waals surface area contributed by atoms with Crippen LogP contribution < -0.4 is 5.32 Å². The lowest BCUT2D eigenvalue weighted by molar-refractivity contribution is -0.140. The van der Waals surface area contributed by atoms with E-state index in [0.29, 0.717) is 6.42 Å². The first-order chi connectivity index (χ1) is 11.2. The SMILES string of the molecule is CCCCCCCCCCCC1[C@H](C#N)C(=O)NC(=O)[C@@H]1C#N. The molecule has 1 heterocycles. The molecule has 5 heteroatoms. The number of carbonyl (C=O) groups is 2. The van der Waals surface area contributed by atoms with Gasteiger partial charge in [0.25, 0.3) is 0 Å². The number of nitrogens with one attached hydrogen (secondary N) is 1. The Labute approximate surface area is 139 Å². The maximum Gasteiger partial charge on any atom is 0.244 e. The molecule has 5 nitrogen and oxygen atoms in total. The molecule has 0 aromatic rings. The van der Waals surface area contributed by atoms with Crippen LogP contribution in [-0.2, 0) is 9.59 Å². The molecule has 3 atom stereocenters. The fourth-order valence-corrected chi connectivity index (χ4v) is 3.19. The number of amides is 2. The van der Waals surface area contributed by atoms with Gasteiger partial charge in [0.05, 0.1) is 12.1 Å². The van der Waals surface area contributed by atoms with Crippen LogP contribution in [0, 0.1) is 40.4 Å². The van der Waals surface area contributed by atoms with Crippen molar-refractivity contribution >= 4 is 11.8 Å². The van der Waals surface area contributed by atoms with Crippen molar-refractivity contribution in [3.8, 4) is 12.1 Å². The van der Waals surface area contributed by atoms with Crippen LogP contribution in [0.1, 0.15) is 71.1 Å². The van der Waals surface area contributed by atoms with Crippen molar-refractivity contribution in [2.45, 2.75) is 71.1 Å². The standard InChI is InChI=1S/C18H27N3O2/c1-2-3-4-5-6-7-8-9-10-11-14-15(12-19)17(22)21-18(23)16(14)13-20/h14-16H,2-11H2,1H3,(H,21,22,23)/t14?,15-,16+. The summed E-state index contributed by atoms with van der Waals surface area (Å²) in [6.07, 6.45) is 11.2. The van der Waals surface area contributed by atoms with Crippen molar-refractivity contribution in [3.63, 3.8) is 0 Å². The lowest BCUT2D eigenvalue weighted by Crippen LogP contribution is -2.50. The summed E-state index contributed by atoms with van der Waals surface area (Å²) in [6.45, 7) is 2.21. The minimum absolute atomic E-state index is 0.462. The Morgan fingerprint density at radius 2 is 1.26 bits per heavy atom. The Balaban J connectivity index is 2.30. The van der Waals surface area contributed by atoms with E-state index in [9.17, 15) is 9.59 Å². The Morgan fingerprint density at radius 1 is 0.826 bits per heavy atom.